The monoisotopic (exact) mass is 318 g/mol. The minimum atomic E-state index is -1.19. The molecule has 1 aromatic carbocycles. The smallest absolute Gasteiger partial charge is 0.307 e. The lowest BCUT2D eigenvalue weighted by Crippen LogP contribution is -2.25. The third-order valence-corrected chi connectivity index (χ3v) is 3.31. The molecule has 0 saturated heterocycles. The molecule has 0 fully saturated rings. The number of esters is 1. The quantitative estimate of drug-likeness (QED) is 0.790. The van der Waals surface area contributed by atoms with Gasteiger partial charge in [0.1, 0.15) is 11.9 Å². The van der Waals surface area contributed by atoms with Crippen LogP contribution in [0.4, 0.5) is 0 Å². The van der Waals surface area contributed by atoms with E-state index in [1.807, 2.05) is 0 Å². The van der Waals surface area contributed by atoms with Gasteiger partial charge < -0.3 is 14.9 Å². The number of aliphatic carboxylic acids is 1. The topological polar surface area (TPSA) is 118 Å². The predicted molar refractivity (Wildman–Crippen MR) is 77.3 cm³/mol. The molecule has 0 amide bonds. The van der Waals surface area contributed by atoms with Gasteiger partial charge in [0.25, 0.3) is 0 Å². The second-order valence-corrected chi connectivity index (χ2v) is 5.10. The van der Waals surface area contributed by atoms with Gasteiger partial charge in [0.2, 0.25) is 0 Å². The number of ketones is 2. The SMILES string of the molecule is CC(=O)OC(CC(=O)O)CC1=CC(=O)c2c(O)cccc2C1=O. The van der Waals surface area contributed by atoms with Crippen LogP contribution in [0.3, 0.4) is 0 Å². The molecule has 1 aliphatic rings. The number of phenolic OH excluding ortho intramolecular Hbond substituents is 1. The maximum absolute atomic E-state index is 12.4. The number of hydrogen-bond donors (Lipinski definition) is 2. The van der Waals surface area contributed by atoms with Gasteiger partial charge in [0, 0.05) is 24.5 Å². The van der Waals surface area contributed by atoms with Crippen LogP contribution in [0.5, 0.6) is 5.75 Å². The zero-order valence-corrected chi connectivity index (χ0v) is 12.2. The number of carboxylic acid groups (broad SMARTS) is 1. The van der Waals surface area contributed by atoms with E-state index in [1.165, 1.54) is 18.2 Å². The van der Waals surface area contributed by atoms with Crippen LogP contribution in [0, 0.1) is 0 Å². The van der Waals surface area contributed by atoms with Gasteiger partial charge in [-0.2, -0.15) is 0 Å². The first-order valence-corrected chi connectivity index (χ1v) is 6.80. The molecule has 7 nitrogen and oxygen atoms in total. The summed E-state index contributed by atoms with van der Waals surface area (Å²) in [5.41, 5.74) is 0.00789. The molecule has 1 atom stereocenters. The molecule has 1 unspecified atom stereocenters. The number of fused-ring (bicyclic) bond motifs is 1. The average molecular weight is 318 g/mol. The van der Waals surface area contributed by atoms with Crippen molar-refractivity contribution in [3.05, 3.63) is 41.0 Å². The van der Waals surface area contributed by atoms with E-state index in [0.717, 1.165) is 13.0 Å². The maximum Gasteiger partial charge on any atom is 0.307 e. The third-order valence-electron chi connectivity index (χ3n) is 3.31. The van der Waals surface area contributed by atoms with Crippen LogP contribution in [-0.2, 0) is 14.3 Å². The number of carbonyl (C=O) groups excluding carboxylic acids is 3. The van der Waals surface area contributed by atoms with Crippen LogP contribution < -0.4 is 0 Å². The summed E-state index contributed by atoms with van der Waals surface area (Å²) in [6, 6.07) is 4.14. The van der Waals surface area contributed by atoms with Crippen molar-refractivity contribution in [2.24, 2.45) is 0 Å². The Bertz CT molecular complexity index is 714. The summed E-state index contributed by atoms with van der Waals surface area (Å²) in [6.45, 7) is 1.13. The van der Waals surface area contributed by atoms with E-state index in [0.29, 0.717) is 0 Å². The number of carbonyl (C=O) groups is 4. The van der Waals surface area contributed by atoms with Crippen LogP contribution in [0.2, 0.25) is 0 Å². The van der Waals surface area contributed by atoms with Crippen molar-refractivity contribution in [2.75, 3.05) is 0 Å². The number of Topliss-reactive ketones (excluding diaryl/α,β-unsaturated/α-hetero) is 1. The summed E-state index contributed by atoms with van der Waals surface area (Å²) in [4.78, 5) is 46.4. The minimum Gasteiger partial charge on any atom is -0.507 e. The van der Waals surface area contributed by atoms with Crippen molar-refractivity contribution < 1.29 is 34.1 Å². The summed E-state index contributed by atoms with van der Waals surface area (Å²) in [7, 11) is 0. The first-order chi connectivity index (χ1) is 10.8. The first-order valence-electron chi connectivity index (χ1n) is 6.80. The Morgan fingerprint density at radius 1 is 1.26 bits per heavy atom. The number of allylic oxidation sites excluding steroid dienone is 1. The lowest BCUT2D eigenvalue weighted by atomic mass is 9.86. The standard InChI is InChI=1S/C16H14O7/c1-8(17)23-10(7-14(20)21)5-9-6-13(19)15-11(16(9)22)3-2-4-12(15)18/h2-4,6,10,18H,5,7H2,1H3,(H,20,21). The van der Waals surface area contributed by atoms with Gasteiger partial charge in [0.15, 0.2) is 11.6 Å². The molecular weight excluding hydrogens is 304 g/mol. The average Bonchev–Trinajstić information content (AvgIpc) is 2.42. The Labute approximate surface area is 131 Å². The summed E-state index contributed by atoms with van der Waals surface area (Å²) in [5, 5.41) is 18.5. The number of ether oxygens (including phenoxy) is 1. The number of benzene rings is 1. The largest absolute Gasteiger partial charge is 0.507 e. The Kier molecular flexibility index (Phi) is 4.59. The van der Waals surface area contributed by atoms with E-state index < -0.39 is 36.0 Å². The number of rotatable bonds is 5. The van der Waals surface area contributed by atoms with E-state index in [4.69, 9.17) is 9.84 Å². The van der Waals surface area contributed by atoms with Crippen molar-refractivity contribution in [1.82, 2.24) is 0 Å². The van der Waals surface area contributed by atoms with Crippen molar-refractivity contribution in [1.29, 1.82) is 0 Å². The van der Waals surface area contributed by atoms with E-state index in [9.17, 15) is 24.3 Å². The van der Waals surface area contributed by atoms with Gasteiger partial charge in [-0.15, -0.1) is 0 Å². The molecule has 0 aliphatic heterocycles. The van der Waals surface area contributed by atoms with E-state index >= 15 is 0 Å². The van der Waals surface area contributed by atoms with Gasteiger partial charge >= 0.3 is 11.9 Å². The van der Waals surface area contributed by atoms with Crippen LogP contribution in [0.1, 0.15) is 40.5 Å². The van der Waals surface area contributed by atoms with Crippen LogP contribution in [0.15, 0.2) is 29.8 Å². The van der Waals surface area contributed by atoms with Gasteiger partial charge in [0.05, 0.1) is 12.0 Å². The highest BCUT2D eigenvalue weighted by molar-refractivity contribution is 6.25. The normalized spacial score (nSPS) is 14.7. The molecule has 1 aromatic rings. The molecule has 0 radical (unpaired) electrons. The maximum atomic E-state index is 12.4. The lowest BCUT2D eigenvalue weighted by Gasteiger charge is -2.20. The molecule has 120 valence electrons. The minimum absolute atomic E-state index is 0.0422. The van der Waals surface area contributed by atoms with Crippen LogP contribution in [0.25, 0.3) is 0 Å². The molecule has 2 rings (SSSR count). The fourth-order valence-electron chi connectivity index (χ4n) is 2.44. The fourth-order valence-corrected chi connectivity index (χ4v) is 2.44. The van der Waals surface area contributed by atoms with E-state index in [2.05, 4.69) is 0 Å². The van der Waals surface area contributed by atoms with Gasteiger partial charge in [-0.25, -0.2) is 0 Å². The van der Waals surface area contributed by atoms with Crippen LogP contribution >= 0.6 is 0 Å². The molecule has 0 spiro atoms. The zero-order chi connectivity index (χ0) is 17.1. The van der Waals surface area contributed by atoms with E-state index in [-0.39, 0.29) is 28.9 Å². The highest BCUT2D eigenvalue weighted by atomic mass is 16.5. The van der Waals surface area contributed by atoms with Crippen molar-refractivity contribution in [3.8, 4) is 5.75 Å². The summed E-state index contributed by atoms with van der Waals surface area (Å²) >= 11 is 0. The molecule has 0 aromatic heterocycles. The Morgan fingerprint density at radius 3 is 2.57 bits per heavy atom. The van der Waals surface area contributed by atoms with Crippen molar-refractivity contribution in [2.45, 2.75) is 25.9 Å². The van der Waals surface area contributed by atoms with Gasteiger partial charge in [-0.1, -0.05) is 12.1 Å². The molecular formula is C16H14O7. The fraction of sp³-hybridized carbons (Fsp3) is 0.250. The number of phenols is 1. The lowest BCUT2D eigenvalue weighted by molar-refractivity contribution is -0.150. The molecule has 23 heavy (non-hydrogen) atoms. The molecule has 2 N–H and O–H groups in total. The molecule has 0 bridgehead atoms. The van der Waals surface area contributed by atoms with Gasteiger partial charge in [-0.05, 0) is 12.1 Å². The Morgan fingerprint density at radius 2 is 1.96 bits per heavy atom. The second-order valence-electron chi connectivity index (χ2n) is 5.10. The summed E-state index contributed by atoms with van der Waals surface area (Å²) < 4.78 is 4.89. The summed E-state index contributed by atoms with van der Waals surface area (Å²) in [6.07, 6.45) is -0.675. The summed E-state index contributed by atoms with van der Waals surface area (Å²) in [5.74, 6) is -3.21. The number of aromatic hydroxyl groups is 1. The Hall–Kier alpha value is -2.96. The Balaban J connectivity index is 2.30. The predicted octanol–water partition coefficient (Wildman–Crippen LogP) is 1.49. The number of hydrogen-bond acceptors (Lipinski definition) is 6. The van der Waals surface area contributed by atoms with Gasteiger partial charge in [-0.3, -0.25) is 19.2 Å². The second kappa shape index (κ2) is 6.43. The molecule has 7 heteroatoms. The molecule has 1 aliphatic carbocycles. The van der Waals surface area contributed by atoms with Crippen molar-refractivity contribution >= 4 is 23.5 Å². The highest BCUT2D eigenvalue weighted by Crippen LogP contribution is 2.30. The van der Waals surface area contributed by atoms with Crippen molar-refractivity contribution in [3.63, 3.8) is 0 Å². The first kappa shape index (κ1) is 16.4. The van der Waals surface area contributed by atoms with E-state index in [1.54, 1.807) is 0 Å². The molecule has 0 heterocycles. The zero-order valence-electron chi connectivity index (χ0n) is 12.2. The highest BCUT2D eigenvalue weighted by Gasteiger charge is 2.30. The molecule has 0 saturated carbocycles. The van der Waals surface area contributed by atoms with Crippen LogP contribution in [-0.4, -0.2) is 39.8 Å². The number of carboxylic acids is 1. The third kappa shape index (κ3) is 3.63.